The fourth-order valence-electron chi connectivity index (χ4n) is 1.82. The topological polar surface area (TPSA) is 24.1 Å². The van der Waals surface area contributed by atoms with Crippen LogP contribution in [0.2, 0.25) is 5.02 Å². The Morgan fingerprint density at radius 1 is 1.17 bits per heavy atom. The van der Waals surface area contributed by atoms with Crippen molar-refractivity contribution < 1.29 is 0 Å². The van der Waals surface area contributed by atoms with E-state index in [9.17, 15) is 0 Å². The standard InChI is InChI=1S/C15H25ClN2/c1-12(2)10-17-11-13(3)18-8-7-14-5-4-6-15(16)9-14/h4-6,9,12-13,17-18H,7-8,10-11H2,1-3H3. The number of hydrogen-bond donors (Lipinski definition) is 2. The van der Waals surface area contributed by atoms with E-state index in [1.165, 1.54) is 5.56 Å². The van der Waals surface area contributed by atoms with Crippen molar-refractivity contribution in [2.24, 2.45) is 5.92 Å². The van der Waals surface area contributed by atoms with E-state index in [4.69, 9.17) is 11.6 Å². The van der Waals surface area contributed by atoms with E-state index in [-0.39, 0.29) is 0 Å². The Labute approximate surface area is 116 Å². The van der Waals surface area contributed by atoms with Gasteiger partial charge in [-0.3, -0.25) is 0 Å². The molecule has 0 aliphatic rings. The van der Waals surface area contributed by atoms with Crippen LogP contribution in [0.15, 0.2) is 24.3 Å². The summed E-state index contributed by atoms with van der Waals surface area (Å²) >= 11 is 5.95. The van der Waals surface area contributed by atoms with Gasteiger partial charge in [0.2, 0.25) is 0 Å². The van der Waals surface area contributed by atoms with Crippen LogP contribution in [0.3, 0.4) is 0 Å². The molecule has 1 atom stereocenters. The highest BCUT2D eigenvalue weighted by Gasteiger charge is 2.01. The molecule has 0 aromatic heterocycles. The summed E-state index contributed by atoms with van der Waals surface area (Å²) in [5.41, 5.74) is 1.29. The summed E-state index contributed by atoms with van der Waals surface area (Å²) in [5, 5.41) is 7.80. The molecule has 0 heterocycles. The Bertz CT molecular complexity index is 339. The summed E-state index contributed by atoms with van der Waals surface area (Å²) in [4.78, 5) is 0. The molecule has 0 saturated carbocycles. The first-order chi connectivity index (χ1) is 8.58. The van der Waals surface area contributed by atoms with Crippen molar-refractivity contribution in [2.75, 3.05) is 19.6 Å². The minimum Gasteiger partial charge on any atom is -0.315 e. The molecule has 1 unspecified atom stereocenters. The van der Waals surface area contributed by atoms with Crippen molar-refractivity contribution in [2.45, 2.75) is 33.2 Å². The molecule has 0 spiro atoms. The zero-order valence-electron chi connectivity index (χ0n) is 11.7. The minimum atomic E-state index is 0.503. The predicted molar refractivity (Wildman–Crippen MR) is 80.3 cm³/mol. The number of nitrogens with one attached hydrogen (secondary N) is 2. The van der Waals surface area contributed by atoms with E-state index in [1.54, 1.807) is 0 Å². The lowest BCUT2D eigenvalue weighted by atomic mass is 10.1. The molecular weight excluding hydrogens is 244 g/mol. The number of halogens is 1. The largest absolute Gasteiger partial charge is 0.315 e. The van der Waals surface area contributed by atoms with Crippen LogP contribution in [0.1, 0.15) is 26.3 Å². The Morgan fingerprint density at radius 2 is 1.94 bits per heavy atom. The van der Waals surface area contributed by atoms with Gasteiger partial charge in [-0.2, -0.15) is 0 Å². The summed E-state index contributed by atoms with van der Waals surface area (Å²) in [5.74, 6) is 0.712. The van der Waals surface area contributed by atoms with E-state index in [0.717, 1.165) is 31.1 Å². The van der Waals surface area contributed by atoms with Crippen LogP contribution in [0.25, 0.3) is 0 Å². The average Bonchev–Trinajstić information content (AvgIpc) is 2.28. The lowest BCUT2D eigenvalue weighted by Crippen LogP contribution is -2.38. The molecule has 102 valence electrons. The van der Waals surface area contributed by atoms with Crippen molar-refractivity contribution in [1.29, 1.82) is 0 Å². The first-order valence-corrected chi connectivity index (χ1v) is 7.14. The lowest BCUT2D eigenvalue weighted by Gasteiger charge is -2.15. The van der Waals surface area contributed by atoms with E-state index in [0.29, 0.717) is 12.0 Å². The summed E-state index contributed by atoms with van der Waals surface area (Å²) in [6.45, 7) is 9.76. The molecule has 18 heavy (non-hydrogen) atoms. The highest BCUT2D eigenvalue weighted by Crippen LogP contribution is 2.10. The monoisotopic (exact) mass is 268 g/mol. The average molecular weight is 269 g/mol. The second-order valence-electron chi connectivity index (χ2n) is 5.29. The van der Waals surface area contributed by atoms with Gasteiger partial charge in [-0.1, -0.05) is 37.6 Å². The number of hydrogen-bond acceptors (Lipinski definition) is 2. The molecule has 3 heteroatoms. The van der Waals surface area contributed by atoms with Gasteiger partial charge in [0.1, 0.15) is 0 Å². The molecule has 2 N–H and O–H groups in total. The van der Waals surface area contributed by atoms with Crippen molar-refractivity contribution in [3.63, 3.8) is 0 Å². The van der Waals surface area contributed by atoms with Gasteiger partial charge in [-0.25, -0.2) is 0 Å². The van der Waals surface area contributed by atoms with Crippen LogP contribution in [-0.4, -0.2) is 25.7 Å². The molecule has 0 amide bonds. The van der Waals surface area contributed by atoms with Crippen molar-refractivity contribution in [1.82, 2.24) is 10.6 Å². The molecular formula is C15H25ClN2. The van der Waals surface area contributed by atoms with Gasteiger partial charge in [0.25, 0.3) is 0 Å². The summed E-state index contributed by atoms with van der Waals surface area (Å²) in [7, 11) is 0. The second-order valence-corrected chi connectivity index (χ2v) is 5.72. The molecule has 0 aliphatic carbocycles. The van der Waals surface area contributed by atoms with Gasteiger partial charge in [-0.15, -0.1) is 0 Å². The van der Waals surface area contributed by atoms with E-state index in [2.05, 4.69) is 37.5 Å². The summed E-state index contributed by atoms with van der Waals surface area (Å²) in [6.07, 6.45) is 1.02. The van der Waals surface area contributed by atoms with E-state index in [1.807, 2.05) is 18.2 Å². The Hall–Kier alpha value is -0.570. The van der Waals surface area contributed by atoms with E-state index >= 15 is 0 Å². The number of benzene rings is 1. The van der Waals surface area contributed by atoms with Crippen LogP contribution in [0.5, 0.6) is 0 Å². The summed E-state index contributed by atoms with van der Waals surface area (Å²) < 4.78 is 0. The number of rotatable bonds is 8. The fraction of sp³-hybridized carbons (Fsp3) is 0.600. The maximum absolute atomic E-state index is 5.95. The Kier molecular flexibility index (Phi) is 7.33. The highest BCUT2D eigenvalue weighted by atomic mass is 35.5. The van der Waals surface area contributed by atoms with E-state index < -0.39 is 0 Å². The van der Waals surface area contributed by atoms with Gasteiger partial charge in [0.15, 0.2) is 0 Å². The highest BCUT2D eigenvalue weighted by molar-refractivity contribution is 6.30. The molecule has 0 saturated heterocycles. The van der Waals surface area contributed by atoms with Crippen LogP contribution < -0.4 is 10.6 Å². The zero-order chi connectivity index (χ0) is 13.4. The Morgan fingerprint density at radius 3 is 2.61 bits per heavy atom. The Balaban J connectivity index is 2.13. The van der Waals surface area contributed by atoms with Gasteiger partial charge in [-0.05, 0) is 50.0 Å². The van der Waals surface area contributed by atoms with Gasteiger partial charge < -0.3 is 10.6 Å². The second kappa shape index (κ2) is 8.52. The molecule has 0 aliphatic heterocycles. The third-order valence-corrected chi connectivity index (χ3v) is 3.03. The normalized spacial score (nSPS) is 12.9. The van der Waals surface area contributed by atoms with Crippen molar-refractivity contribution in [3.05, 3.63) is 34.9 Å². The lowest BCUT2D eigenvalue weighted by molar-refractivity contribution is 0.474. The molecule has 0 radical (unpaired) electrons. The molecule has 0 fully saturated rings. The maximum atomic E-state index is 5.95. The molecule has 1 aromatic carbocycles. The van der Waals surface area contributed by atoms with Gasteiger partial charge in [0, 0.05) is 17.6 Å². The van der Waals surface area contributed by atoms with Crippen molar-refractivity contribution in [3.8, 4) is 0 Å². The molecule has 2 nitrogen and oxygen atoms in total. The minimum absolute atomic E-state index is 0.503. The van der Waals surface area contributed by atoms with Crippen LogP contribution in [0.4, 0.5) is 0 Å². The third kappa shape index (κ3) is 7.00. The zero-order valence-corrected chi connectivity index (χ0v) is 12.4. The third-order valence-electron chi connectivity index (χ3n) is 2.80. The van der Waals surface area contributed by atoms with Crippen molar-refractivity contribution >= 4 is 11.6 Å². The van der Waals surface area contributed by atoms with Crippen LogP contribution in [0, 0.1) is 5.92 Å². The molecule has 0 bridgehead atoms. The maximum Gasteiger partial charge on any atom is 0.0408 e. The molecule has 1 rings (SSSR count). The summed E-state index contributed by atoms with van der Waals surface area (Å²) in [6, 6.07) is 8.57. The smallest absolute Gasteiger partial charge is 0.0408 e. The predicted octanol–water partition coefficient (Wildman–Crippen LogP) is 3.11. The first-order valence-electron chi connectivity index (χ1n) is 6.76. The van der Waals surface area contributed by atoms with Gasteiger partial charge in [0.05, 0.1) is 0 Å². The van der Waals surface area contributed by atoms with Crippen LogP contribution >= 0.6 is 11.6 Å². The first kappa shape index (κ1) is 15.5. The van der Waals surface area contributed by atoms with Gasteiger partial charge >= 0.3 is 0 Å². The van der Waals surface area contributed by atoms with Crippen LogP contribution in [-0.2, 0) is 6.42 Å². The fourth-order valence-corrected chi connectivity index (χ4v) is 2.03. The quantitative estimate of drug-likeness (QED) is 0.757. The SMILES string of the molecule is CC(C)CNCC(C)NCCc1cccc(Cl)c1. The molecule has 1 aromatic rings.